The number of aliphatic hydroxyl groups excluding tert-OH is 1. The van der Waals surface area contributed by atoms with Crippen LogP contribution in [0.3, 0.4) is 0 Å². The first kappa shape index (κ1) is 13.3. The van der Waals surface area contributed by atoms with E-state index in [0.717, 1.165) is 6.42 Å². The Morgan fingerprint density at radius 1 is 1.59 bits per heavy atom. The third kappa shape index (κ3) is 2.81. The van der Waals surface area contributed by atoms with E-state index in [1.807, 2.05) is 6.92 Å². The van der Waals surface area contributed by atoms with Crippen LogP contribution < -0.4 is 0 Å². The highest BCUT2D eigenvalue weighted by Gasteiger charge is 2.31. The summed E-state index contributed by atoms with van der Waals surface area (Å²) in [4.78, 5) is 0. The van der Waals surface area contributed by atoms with Gasteiger partial charge in [0.15, 0.2) is 0 Å². The van der Waals surface area contributed by atoms with Crippen LogP contribution in [0.15, 0.2) is 16.6 Å². The molecule has 2 nitrogen and oxygen atoms in total. The lowest BCUT2D eigenvalue weighted by Crippen LogP contribution is -2.14. The molecule has 1 aromatic rings. The van der Waals surface area contributed by atoms with Crippen LogP contribution in [0.5, 0.6) is 0 Å². The highest BCUT2D eigenvalue weighted by molar-refractivity contribution is 9.10. The molecule has 0 saturated carbocycles. The Labute approximate surface area is 113 Å². The summed E-state index contributed by atoms with van der Waals surface area (Å²) in [7, 11) is 0. The highest BCUT2D eigenvalue weighted by Crippen LogP contribution is 2.35. The van der Waals surface area contributed by atoms with E-state index in [4.69, 9.17) is 16.3 Å². The highest BCUT2D eigenvalue weighted by atomic mass is 79.9. The van der Waals surface area contributed by atoms with Gasteiger partial charge in [-0.2, -0.15) is 0 Å². The number of hydrogen-bond donors (Lipinski definition) is 1. The van der Waals surface area contributed by atoms with Crippen LogP contribution in [0.1, 0.15) is 25.0 Å². The molecule has 0 spiro atoms. The Bertz CT molecular complexity index is 427. The van der Waals surface area contributed by atoms with Crippen molar-refractivity contribution < 1.29 is 14.2 Å². The molecule has 3 atom stereocenters. The molecule has 0 amide bonds. The van der Waals surface area contributed by atoms with E-state index in [0.29, 0.717) is 16.1 Å². The molecule has 0 aliphatic carbocycles. The lowest BCUT2D eigenvalue weighted by Gasteiger charge is -2.18. The van der Waals surface area contributed by atoms with Crippen molar-refractivity contribution in [2.45, 2.75) is 25.6 Å². The molecular formula is C12H13BrClFO2. The van der Waals surface area contributed by atoms with Gasteiger partial charge in [-0.25, -0.2) is 4.39 Å². The predicted octanol–water partition coefficient (Wildman–Crippen LogP) is 3.70. The van der Waals surface area contributed by atoms with Gasteiger partial charge in [-0.05, 0) is 41.4 Å². The van der Waals surface area contributed by atoms with Crippen molar-refractivity contribution in [2.75, 3.05) is 6.61 Å². The van der Waals surface area contributed by atoms with Gasteiger partial charge in [-0.15, -0.1) is 0 Å². The summed E-state index contributed by atoms with van der Waals surface area (Å²) in [5.41, 5.74) is 0.237. The summed E-state index contributed by atoms with van der Waals surface area (Å²) < 4.78 is 19.6. The van der Waals surface area contributed by atoms with Crippen LogP contribution in [0.4, 0.5) is 4.39 Å². The van der Waals surface area contributed by atoms with Crippen LogP contribution in [0, 0.1) is 11.7 Å². The minimum Gasteiger partial charge on any atom is -0.388 e. The summed E-state index contributed by atoms with van der Waals surface area (Å²) in [6.45, 7) is 2.40. The number of halogens is 3. The molecule has 1 fully saturated rings. The van der Waals surface area contributed by atoms with Crippen LogP contribution in [-0.4, -0.2) is 17.8 Å². The van der Waals surface area contributed by atoms with E-state index in [1.54, 1.807) is 0 Å². The molecule has 0 radical (unpaired) electrons. The summed E-state index contributed by atoms with van der Waals surface area (Å²) in [6, 6.07) is 2.74. The lowest BCUT2D eigenvalue weighted by molar-refractivity contribution is 0.0784. The van der Waals surface area contributed by atoms with Gasteiger partial charge in [0, 0.05) is 16.0 Å². The smallest absolute Gasteiger partial charge is 0.130 e. The van der Waals surface area contributed by atoms with Gasteiger partial charge < -0.3 is 9.84 Å². The number of ether oxygens (including phenoxy) is 1. The fourth-order valence-electron chi connectivity index (χ4n) is 2.09. The molecule has 1 heterocycles. The molecular weight excluding hydrogens is 310 g/mol. The zero-order valence-corrected chi connectivity index (χ0v) is 11.6. The van der Waals surface area contributed by atoms with Gasteiger partial charge in [-0.1, -0.05) is 11.6 Å². The average Bonchev–Trinajstić information content (AvgIpc) is 2.69. The third-order valence-corrected chi connectivity index (χ3v) is 4.23. The first-order chi connectivity index (χ1) is 7.99. The SMILES string of the molecule is CC1CC(C(O)c2cc(Cl)c(Br)cc2F)CO1. The van der Waals surface area contributed by atoms with E-state index in [9.17, 15) is 9.50 Å². The second-order valence-corrected chi connectivity index (χ2v) is 5.63. The lowest BCUT2D eigenvalue weighted by atomic mass is 9.93. The number of aliphatic hydroxyl groups is 1. The molecule has 1 saturated heterocycles. The van der Waals surface area contributed by atoms with Crippen LogP contribution in [0.2, 0.25) is 5.02 Å². The largest absolute Gasteiger partial charge is 0.388 e. The van der Waals surface area contributed by atoms with Crippen molar-refractivity contribution in [2.24, 2.45) is 5.92 Å². The Morgan fingerprint density at radius 3 is 2.88 bits per heavy atom. The van der Waals surface area contributed by atoms with Crippen molar-refractivity contribution in [3.63, 3.8) is 0 Å². The van der Waals surface area contributed by atoms with Crippen LogP contribution in [-0.2, 0) is 4.74 Å². The maximum absolute atomic E-state index is 13.7. The summed E-state index contributed by atoms with van der Waals surface area (Å²) in [5, 5.41) is 10.5. The second-order valence-electron chi connectivity index (χ2n) is 4.37. The van der Waals surface area contributed by atoms with Crippen molar-refractivity contribution in [1.82, 2.24) is 0 Å². The van der Waals surface area contributed by atoms with Crippen molar-refractivity contribution in [3.8, 4) is 0 Å². The minimum absolute atomic E-state index is 0.0725. The van der Waals surface area contributed by atoms with Gasteiger partial charge in [0.05, 0.1) is 23.8 Å². The van der Waals surface area contributed by atoms with E-state index >= 15 is 0 Å². The second kappa shape index (κ2) is 5.22. The van der Waals surface area contributed by atoms with Gasteiger partial charge in [0.1, 0.15) is 5.82 Å². The van der Waals surface area contributed by atoms with Gasteiger partial charge in [-0.3, -0.25) is 0 Å². The fourth-order valence-corrected chi connectivity index (χ4v) is 2.58. The summed E-state index contributed by atoms with van der Waals surface area (Å²) in [5.74, 6) is -0.523. The molecule has 2 rings (SSSR count). The molecule has 3 unspecified atom stereocenters. The molecule has 5 heteroatoms. The van der Waals surface area contributed by atoms with Crippen LogP contribution in [0.25, 0.3) is 0 Å². The zero-order valence-electron chi connectivity index (χ0n) is 9.29. The quantitative estimate of drug-likeness (QED) is 0.841. The van der Waals surface area contributed by atoms with Crippen molar-refractivity contribution in [3.05, 3.63) is 33.0 Å². The molecule has 94 valence electrons. The number of benzene rings is 1. The zero-order chi connectivity index (χ0) is 12.6. The normalized spacial score (nSPS) is 26.2. The Kier molecular flexibility index (Phi) is 4.08. The Hall–Kier alpha value is -0.160. The first-order valence-electron chi connectivity index (χ1n) is 5.43. The third-order valence-electron chi connectivity index (χ3n) is 3.03. The molecule has 17 heavy (non-hydrogen) atoms. The fraction of sp³-hybridized carbons (Fsp3) is 0.500. The molecule has 1 aliphatic heterocycles. The van der Waals surface area contributed by atoms with Gasteiger partial charge in [0.2, 0.25) is 0 Å². The van der Waals surface area contributed by atoms with Crippen LogP contribution >= 0.6 is 27.5 Å². The molecule has 1 aliphatic rings. The first-order valence-corrected chi connectivity index (χ1v) is 6.60. The standard InChI is InChI=1S/C12H13BrClFO2/c1-6-2-7(5-17-6)12(16)8-3-10(14)9(13)4-11(8)15/h3-4,6-7,12,16H,2,5H2,1H3. The van der Waals surface area contributed by atoms with Crippen molar-refractivity contribution >= 4 is 27.5 Å². The summed E-state index contributed by atoms with van der Waals surface area (Å²) >= 11 is 9.05. The Morgan fingerprint density at radius 2 is 2.29 bits per heavy atom. The minimum atomic E-state index is -0.870. The monoisotopic (exact) mass is 322 g/mol. The predicted molar refractivity (Wildman–Crippen MR) is 67.6 cm³/mol. The summed E-state index contributed by atoms with van der Waals surface area (Å²) in [6.07, 6.45) is -0.0249. The van der Waals surface area contributed by atoms with Gasteiger partial charge >= 0.3 is 0 Å². The van der Waals surface area contributed by atoms with E-state index < -0.39 is 11.9 Å². The molecule has 1 aromatic carbocycles. The van der Waals surface area contributed by atoms with Crippen molar-refractivity contribution in [1.29, 1.82) is 0 Å². The average molecular weight is 324 g/mol. The van der Waals surface area contributed by atoms with E-state index in [1.165, 1.54) is 12.1 Å². The maximum Gasteiger partial charge on any atom is 0.130 e. The van der Waals surface area contributed by atoms with Gasteiger partial charge in [0.25, 0.3) is 0 Å². The number of rotatable bonds is 2. The molecule has 0 bridgehead atoms. The molecule has 1 N–H and O–H groups in total. The topological polar surface area (TPSA) is 29.5 Å². The van der Waals surface area contributed by atoms with E-state index in [-0.39, 0.29) is 17.6 Å². The maximum atomic E-state index is 13.7. The number of hydrogen-bond acceptors (Lipinski definition) is 2. The van der Waals surface area contributed by atoms with E-state index in [2.05, 4.69) is 15.9 Å². The molecule has 0 aromatic heterocycles. The Balaban J connectivity index is 2.24.